The van der Waals surface area contributed by atoms with E-state index in [9.17, 15) is 0 Å². The van der Waals surface area contributed by atoms with Gasteiger partial charge < -0.3 is 10.2 Å². The molecule has 1 rings (SSSR count). The molecule has 0 aliphatic rings. The van der Waals surface area contributed by atoms with Crippen molar-refractivity contribution in [2.24, 2.45) is 0 Å². The number of nitrogens with zero attached hydrogens (tertiary/aromatic N) is 1. The van der Waals surface area contributed by atoms with Crippen molar-refractivity contribution in [1.82, 2.24) is 10.2 Å². The fourth-order valence-corrected chi connectivity index (χ4v) is 2.88. The van der Waals surface area contributed by atoms with E-state index >= 15 is 0 Å². The second-order valence-electron chi connectivity index (χ2n) is 5.11. The molecular formula is C15H26N2S. The maximum absolute atomic E-state index is 3.23. The zero-order chi connectivity index (χ0) is 13.5. The minimum atomic E-state index is 0.496. The highest BCUT2D eigenvalue weighted by molar-refractivity contribution is 7.99. The van der Waals surface area contributed by atoms with Crippen LogP contribution >= 0.6 is 11.8 Å². The van der Waals surface area contributed by atoms with Gasteiger partial charge in [0.05, 0.1) is 0 Å². The summed E-state index contributed by atoms with van der Waals surface area (Å²) in [5, 5.41) is 3.87. The van der Waals surface area contributed by atoms with E-state index in [-0.39, 0.29) is 0 Å². The number of nitrogens with one attached hydrogen (secondary N) is 1. The van der Waals surface area contributed by atoms with Crippen molar-refractivity contribution in [2.45, 2.75) is 36.5 Å². The van der Waals surface area contributed by atoms with E-state index in [0.717, 1.165) is 13.0 Å². The molecule has 0 heterocycles. The van der Waals surface area contributed by atoms with Gasteiger partial charge >= 0.3 is 0 Å². The Morgan fingerprint density at radius 3 is 2.22 bits per heavy atom. The molecule has 102 valence electrons. The van der Waals surface area contributed by atoms with E-state index in [0.29, 0.717) is 11.3 Å². The molecule has 0 saturated heterocycles. The Morgan fingerprint density at radius 1 is 1.17 bits per heavy atom. The number of thioether (sulfide) groups is 1. The van der Waals surface area contributed by atoms with Crippen LogP contribution in [-0.2, 0) is 0 Å². The fourth-order valence-electron chi connectivity index (χ4n) is 2.04. The molecule has 1 aromatic rings. The van der Waals surface area contributed by atoms with Crippen molar-refractivity contribution in [3.05, 3.63) is 29.8 Å². The molecule has 0 aliphatic heterocycles. The highest BCUT2D eigenvalue weighted by atomic mass is 32.2. The largest absolute Gasteiger partial charge is 0.320 e. The Morgan fingerprint density at radius 2 is 1.78 bits per heavy atom. The lowest BCUT2D eigenvalue weighted by Crippen LogP contribution is -2.23. The molecule has 0 spiro atoms. The second kappa shape index (κ2) is 7.82. The van der Waals surface area contributed by atoms with Crippen molar-refractivity contribution in [2.75, 3.05) is 27.7 Å². The van der Waals surface area contributed by atoms with E-state index in [1.54, 1.807) is 0 Å². The molecule has 1 atom stereocenters. The molecule has 0 amide bonds. The first-order chi connectivity index (χ1) is 8.54. The molecular weight excluding hydrogens is 240 g/mol. The Bertz CT molecular complexity index is 333. The SMILES string of the molecule is CNCCC(c1ccc(SC(C)C)cc1)N(C)C. The smallest absolute Gasteiger partial charge is 0.0354 e. The molecule has 2 nitrogen and oxygen atoms in total. The van der Waals surface area contributed by atoms with Gasteiger partial charge in [0.2, 0.25) is 0 Å². The van der Waals surface area contributed by atoms with Crippen LogP contribution in [-0.4, -0.2) is 37.8 Å². The van der Waals surface area contributed by atoms with Crippen LogP contribution in [0.2, 0.25) is 0 Å². The van der Waals surface area contributed by atoms with Crippen LogP contribution in [0.25, 0.3) is 0 Å². The number of hydrogen-bond donors (Lipinski definition) is 1. The maximum Gasteiger partial charge on any atom is 0.0354 e. The quantitative estimate of drug-likeness (QED) is 0.762. The van der Waals surface area contributed by atoms with Crippen LogP contribution in [0, 0.1) is 0 Å². The van der Waals surface area contributed by atoms with Gasteiger partial charge in [-0.3, -0.25) is 0 Å². The standard InChI is InChI=1S/C15H26N2S/c1-12(2)18-14-8-6-13(7-9-14)15(17(4)5)10-11-16-3/h6-9,12,15-16H,10-11H2,1-5H3. The van der Waals surface area contributed by atoms with Crippen molar-refractivity contribution < 1.29 is 0 Å². The lowest BCUT2D eigenvalue weighted by Gasteiger charge is -2.25. The monoisotopic (exact) mass is 266 g/mol. The zero-order valence-corrected chi connectivity index (χ0v) is 13.1. The predicted octanol–water partition coefficient (Wildman–Crippen LogP) is 3.40. The van der Waals surface area contributed by atoms with E-state index in [1.165, 1.54) is 10.5 Å². The topological polar surface area (TPSA) is 15.3 Å². The lowest BCUT2D eigenvalue weighted by molar-refractivity contribution is 0.283. The second-order valence-corrected chi connectivity index (χ2v) is 6.76. The van der Waals surface area contributed by atoms with Gasteiger partial charge in [0.15, 0.2) is 0 Å². The molecule has 1 N–H and O–H groups in total. The van der Waals surface area contributed by atoms with Crippen LogP contribution in [0.5, 0.6) is 0 Å². The van der Waals surface area contributed by atoms with Gasteiger partial charge in [-0.25, -0.2) is 0 Å². The van der Waals surface area contributed by atoms with Crippen LogP contribution in [0.4, 0.5) is 0 Å². The summed E-state index contributed by atoms with van der Waals surface area (Å²) in [4.78, 5) is 3.65. The van der Waals surface area contributed by atoms with Crippen molar-refractivity contribution in [3.8, 4) is 0 Å². The summed E-state index contributed by atoms with van der Waals surface area (Å²) in [7, 11) is 6.31. The first-order valence-electron chi connectivity index (χ1n) is 6.62. The van der Waals surface area contributed by atoms with Gasteiger partial charge in [-0.15, -0.1) is 11.8 Å². The zero-order valence-electron chi connectivity index (χ0n) is 12.2. The van der Waals surface area contributed by atoms with Crippen LogP contribution in [0.15, 0.2) is 29.2 Å². The first-order valence-corrected chi connectivity index (χ1v) is 7.50. The summed E-state index contributed by atoms with van der Waals surface area (Å²) < 4.78 is 0. The third kappa shape index (κ3) is 5.01. The predicted molar refractivity (Wildman–Crippen MR) is 82.4 cm³/mol. The lowest BCUT2D eigenvalue weighted by atomic mass is 10.0. The van der Waals surface area contributed by atoms with Crippen molar-refractivity contribution in [3.63, 3.8) is 0 Å². The molecule has 0 aliphatic carbocycles. The highest BCUT2D eigenvalue weighted by Gasteiger charge is 2.13. The normalized spacial score (nSPS) is 13.3. The fraction of sp³-hybridized carbons (Fsp3) is 0.600. The average molecular weight is 266 g/mol. The summed E-state index contributed by atoms with van der Waals surface area (Å²) >= 11 is 1.92. The van der Waals surface area contributed by atoms with E-state index in [2.05, 4.69) is 62.4 Å². The summed E-state index contributed by atoms with van der Waals surface area (Å²) in [6.07, 6.45) is 1.14. The number of rotatable bonds is 7. The van der Waals surface area contributed by atoms with Crippen LogP contribution in [0.1, 0.15) is 31.9 Å². The maximum atomic E-state index is 3.23. The van der Waals surface area contributed by atoms with Gasteiger partial charge in [0, 0.05) is 16.2 Å². The molecule has 0 aromatic heterocycles. The molecule has 0 radical (unpaired) electrons. The third-order valence-corrected chi connectivity index (χ3v) is 3.94. The molecule has 0 bridgehead atoms. The summed E-state index contributed by atoms with van der Waals surface area (Å²) in [5.41, 5.74) is 1.41. The Kier molecular flexibility index (Phi) is 6.76. The van der Waals surface area contributed by atoms with Gasteiger partial charge in [0.1, 0.15) is 0 Å². The van der Waals surface area contributed by atoms with E-state index in [1.807, 2.05) is 18.8 Å². The summed E-state index contributed by atoms with van der Waals surface area (Å²) in [6, 6.07) is 9.53. The molecule has 1 unspecified atom stereocenters. The molecule has 0 saturated carbocycles. The number of hydrogen-bond acceptors (Lipinski definition) is 3. The Balaban J connectivity index is 2.73. The molecule has 0 fully saturated rings. The van der Waals surface area contributed by atoms with Gasteiger partial charge in [-0.05, 0) is 51.8 Å². The average Bonchev–Trinajstić information content (AvgIpc) is 2.30. The molecule has 3 heteroatoms. The van der Waals surface area contributed by atoms with Gasteiger partial charge in [0.25, 0.3) is 0 Å². The third-order valence-electron chi connectivity index (χ3n) is 2.93. The summed E-state index contributed by atoms with van der Waals surface area (Å²) in [5.74, 6) is 0. The minimum absolute atomic E-state index is 0.496. The summed E-state index contributed by atoms with van der Waals surface area (Å²) in [6.45, 7) is 5.51. The van der Waals surface area contributed by atoms with Crippen molar-refractivity contribution in [1.29, 1.82) is 0 Å². The highest BCUT2D eigenvalue weighted by Crippen LogP contribution is 2.27. The molecule has 18 heavy (non-hydrogen) atoms. The Labute approximate surface area is 116 Å². The van der Waals surface area contributed by atoms with Crippen LogP contribution in [0.3, 0.4) is 0 Å². The van der Waals surface area contributed by atoms with E-state index in [4.69, 9.17) is 0 Å². The van der Waals surface area contributed by atoms with Crippen molar-refractivity contribution >= 4 is 11.8 Å². The molecule has 1 aromatic carbocycles. The van der Waals surface area contributed by atoms with E-state index < -0.39 is 0 Å². The Hall–Kier alpha value is -0.510. The minimum Gasteiger partial charge on any atom is -0.320 e. The van der Waals surface area contributed by atoms with Gasteiger partial charge in [-0.1, -0.05) is 26.0 Å². The van der Waals surface area contributed by atoms with Gasteiger partial charge in [-0.2, -0.15) is 0 Å². The number of benzene rings is 1. The first kappa shape index (κ1) is 15.5. The van der Waals surface area contributed by atoms with Crippen LogP contribution < -0.4 is 5.32 Å².